The summed E-state index contributed by atoms with van der Waals surface area (Å²) in [6.45, 7) is 0. The highest BCUT2D eigenvalue weighted by Gasteiger charge is 2.11. The molecule has 0 heterocycles. The van der Waals surface area contributed by atoms with E-state index in [4.69, 9.17) is 12.2 Å². The van der Waals surface area contributed by atoms with Crippen LogP contribution in [-0.4, -0.2) is 11.0 Å². The SMILES string of the molecule is O=C(NNC(=S)Nc1ccc(F)cc1)c1cc(F)ccc1Br. The third-order valence-electron chi connectivity index (χ3n) is 2.56. The largest absolute Gasteiger partial charge is 0.331 e. The van der Waals surface area contributed by atoms with E-state index in [0.29, 0.717) is 10.2 Å². The second-order valence-corrected chi connectivity index (χ2v) is 5.43. The molecule has 0 aromatic heterocycles. The van der Waals surface area contributed by atoms with E-state index in [1.54, 1.807) is 0 Å². The molecule has 0 saturated carbocycles. The first kappa shape index (κ1) is 16.3. The summed E-state index contributed by atoms with van der Waals surface area (Å²) in [5, 5.41) is 2.86. The number of hydrogen-bond acceptors (Lipinski definition) is 2. The fraction of sp³-hybridized carbons (Fsp3) is 0. The Balaban J connectivity index is 1.91. The van der Waals surface area contributed by atoms with Gasteiger partial charge >= 0.3 is 0 Å². The van der Waals surface area contributed by atoms with Crippen LogP contribution in [0.3, 0.4) is 0 Å². The van der Waals surface area contributed by atoms with Gasteiger partial charge in [-0.15, -0.1) is 0 Å². The Labute approximate surface area is 139 Å². The highest BCUT2D eigenvalue weighted by molar-refractivity contribution is 9.10. The summed E-state index contributed by atoms with van der Waals surface area (Å²) < 4.78 is 26.4. The van der Waals surface area contributed by atoms with Crippen molar-refractivity contribution in [2.45, 2.75) is 0 Å². The fourth-order valence-electron chi connectivity index (χ4n) is 1.55. The summed E-state index contributed by atoms with van der Waals surface area (Å²) in [6, 6.07) is 9.29. The van der Waals surface area contributed by atoms with Gasteiger partial charge in [-0.1, -0.05) is 0 Å². The van der Waals surface area contributed by atoms with E-state index in [1.807, 2.05) is 0 Å². The van der Waals surface area contributed by atoms with E-state index in [2.05, 4.69) is 32.1 Å². The highest BCUT2D eigenvalue weighted by atomic mass is 79.9. The lowest BCUT2D eigenvalue weighted by atomic mass is 10.2. The number of carbonyl (C=O) groups is 1. The summed E-state index contributed by atoms with van der Waals surface area (Å²) >= 11 is 8.14. The first-order valence-electron chi connectivity index (χ1n) is 6.03. The summed E-state index contributed by atoms with van der Waals surface area (Å²) in [7, 11) is 0. The molecular formula is C14H10BrF2N3OS. The number of thiocarbonyl (C=S) groups is 1. The standard InChI is InChI=1S/C14H10BrF2N3OS/c15-12-6-3-9(17)7-11(12)13(21)19-20-14(22)18-10-4-1-8(16)2-5-10/h1-7H,(H,19,21)(H2,18,20,22). The van der Waals surface area contributed by atoms with Crippen LogP contribution in [0, 0.1) is 11.6 Å². The number of hydrogen-bond donors (Lipinski definition) is 3. The third-order valence-corrected chi connectivity index (χ3v) is 3.46. The van der Waals surface area contributed by atoms with Gasteiger partial charge in [0.2, 0.25) is 0 Å². The first-order valence-corrected chi connectivity index (χ1v) is 7.24. The Bertz CT molecular complexity index is 710. The molecule has 0 aliphatic heterocycles. The van der Waals surface area contributed by atoms with Crippen LogP contribution in [0.4, 0.5) is 14.5 Å². The van der Waals surface area contributed by atoms with Gasteiger partial charge in [0.15, 0.2) is 5.11 Å². The molecular weight excluding hydrogens is 376 g/mol. The lowest BCUT2D eigenvalue weighted by Gasteiger charge is -2.12. The lowest BCUT2D eigenvalue weighted by molar-refractivity contribution is 0.0943. The molecule has 0 saturated heterocycles. The molecule has 0 spiro atoms. The van der Waals surface area contributed by atoms with Crippen molar-refractivity contribution in [1.29, 1.82) is 0 Å². The van der Waals surface area contributed by atoms with E-state index in [1.165, 1.54) is 36.4 Å². The van der Waals surface area contributed by atoms with Gasteiger partial charge < -0.3 is 5.32 Å². The van der Waals surface area contributed by atoms with Crippen LogP contribution in [0.15, 0.2) is 46.9 Å². The number of anilines is 1. The summed E-state index contributed by atoms with van der Waals surface area (Å²) in [5.41, 5.74) is 5.49. The minimum absolute atomic E-state index is 0.104. The average Bonchev–Trinajstić information content (AvgIpc) is 2.49. The van der Waals surface area contributed by atoms with Crippen molar-refractivity contribution < 1.29 is 13.6 Å². The molecule has 0 aliphatic carbocycles. The molecule has 2 rings (SSSR count). The zero-order valence-electron chi connectivity index (χ0n) is 11.0. The number of hydrazine groups is 1. The Morgan fingerprint density at radius 2 is 1.64 bits per heavy atom. The van der Waals surface area contributed by atoms with Crippen LogP contribution in [0.2, 0.25) is 0 Å². The molecule has 0 bridgehead atoms. The van der Waals surface area contributed by atoms with Crippen LogP contribution < -0.4 is 16.2 Å². The third kappa shape index (κ3) is 4.47. The number of carbonyl (C=O) groups excluding carboxylic acids is 1. The van der Waals surface area contributed by atoms with Crippen LogP contribution in [-0.2, 0) is 0 Å². The van der Waals surface area contributed by atoms with Crippen molar-refractivity contribution in [2.24, 2.45) is 0 Å². The predicted molar refractivity (Wildman–Crippen MR) is 87.3 cm³/mol. The molecule has 0 aliphatic rings. The maximum atomic E-state index is 13.1. The van der Waals surface area contributed by atoms with Crippen molar-refractivity contribution in [2.75, 3.05) is 5.32 Å². The van der Waals surface area contributed by atoms with Gasteiger partial charge in [0, 0.05) is 10.2 Å². The van der Waals surface area contributed by atoms with Crippen molar-refractivity contribution in [3.05, 3.63) is 64.1 Å². The van der Waals surface area contributed by atoms with Gasteiger partial charge in [0.1, 0.15) is 11.6 Å². The van der Waals surface area contributed by atoms with E-state index in [9.17, 15) is 13.6 Å². The van der Waals surface area contributed by atoms with Crippen LogP contribution in [0.25, 0.3) is 0 Å². The second kappa shape index (κ2) is 7.28. The van der Waals surface area contributed by atoms with Gasteiger partial charge in [-0.25, -0.2) is 8.78 Å². The monoisotopic (exact) mass is 385 g/mol. The minimum atomic E-state index is -0.561. The predicted octanol–water partition coefficient (Wildman–Crippen LogP) is 3.36. The molecule has 4 nitrogen and oxygen atoms in total. The quantitative estimate of drug-likeness (QED) is 0.548. The van der Waals surface area contributed by atoms with Crippen molar-refractivity contribution in [1.82, 2.24) is 10.9 Å². The van der Waals surface area contributed by atoms with Gasteiger partial charge in [0.25, 0.3) is 5.91 Å². The van der Waals surface area contributed by atoms with E-state index in [-0.39, 0.29) is 16.5 Å². The summed E-state index contributed by atoms with van der Waals surface area (Å²) in [5.74, 6) is -1.45. The van der Waals surface area contributed by atoms with Crippen molar-refractivity contribution in [3.63, 3.8) is 0 Å². The van der Waals surface area contributed by atoms with E-state index < -0.39 is 11.7 Å². The lowest BCUT2D eigenvalue weighted by Crippen LogP contribution is -2.43. The number of rotatable bonds is 2. The number of halogens is 3. The fourth-order valence-corrected chi connectivity index (χ4v) is 2.14. The Morgan fingerprint density at radius 1 is 1.00 bits per heavy atom. The molecule has 1 amide bonds. The van der Waals surface area contributed by atoms with Gasteiger partial charge in [-0.2, -0.15) is 0 Å². The molecule has 22 heavy (non-hydrogen) atoms. The van der Waals surface area contributed by atoms with Crippen molar-refractivity contribution >= 4 is 44.9 Å². The maximum Gasteiger partial charge on any atom is 0.270 e. The normalized spacial score (nSPS) is 9.95. The molecule has 0 fully saturated rings. The Morgan fingerprint density at radius 3 is 2.32 bits per heavy atom. The molecule has 8 heteroatoms. The maximum absolute atomic E-state index is 13.1. The summed E-state index contributed by atoms with van der Waals surface area (Å²) in [4.78, 5) is 11.9. The van der Waals surface area contributed by atoms with Gasteiger partial charge in [-0.05, 0) is 70.6 Å². The van der Waals surface area contributed by atoms with Crippen LogP contribution in [0.1, 0.15) is 10.4 Å². The first-order chi connectivity index (χ1) is 10.5. The van der Waals surface area contributed by atoms with Crippen LogP contribution >= 0.6 is 28.1 Å². The zero-order valence-corrected chi connectivity index (χ0v) is 13.4. The Hall–Kier alpha value is -2.06. The number of amides is 1. The van der Waals surface area contributed by atoms with E-state index >= 15 is 0 Å². The molecule has 2 aromatic carbocycles. The average molecular weight is 386 g/mol. The van der Waals surface area contributed by atoms with Crippen LogP contribution in [0.5, 0.6) is 0 Å². The molecule has 3 N–H and O–H groups in total. The summed E-state index contributed by atoms with van der Waals surface area (Å²) in [6.07, 6.45) is 0. The number of nitrogens with one attached hydrogen (secondary N) is 3. The topological polar surface area (TPSA) is 53.2 Å². The molecule has 0 atom stereocenters. The van der Waals surface area contributed by atoms with E-state index in [0.717, 1.165) is 6.07 Å². The molecule has 0 unspecified atom stereocenters. The zero-order chi connectivity index (χ0) is 16.1. The minimum Gasteiger partial charge on any atom is -0.331 e. The Kier molecular flexibility index (Phi) is 5.40. The smallest absolute Gasteiger partial charge is 0.270 e. The highest BCUT2D eigenvalue weighted by Crippen LogP contribution is 2.17. The van der Waals surface area contributed by atoms with Crippen molar-refractivity contribution in [3.8, 4) is 0 Å². The molecule has 2 aromatic rings. The molecule has 0 radical (unpaired) electrons. The number of benzene rings is 2. The van der Waals surface area contributed by atoms with Gasteiger partial charge in [-0.3, -0.25) is 15.6 Å². The van der Waals surface area contributed by atoms with Gasteiger partial charge in [0.05, 0.1) is 5.56 Å². The molecule has 114 valence electrons. The second-order valence-electron chi connectivity index (χ2n) is 4.16.